The van der Waals surface area contributed by atoms with Gasteiger partial charge in [0.05, 0.1) is 0 Å². The third-order valence-electron chi connectivity index (χ3n) is 1.67. The molecule has 1 heterocycles. The number of phenolic OH excluding ortho intramolecular Hbond substituents is 1. The Hall–Kier alpha value is -1.70. The molecule has 2 heteroatoms. The first-order chi connectivity index (χ1) is 5.86. The van der Waals surface area contributed by atoms with E-state index in [0.717, 1.165) is 5.69 Å². The fourth-order valence-corrected chi connectivity index (χ4v) is 1.11. The topological polar surface area (TPSA) is 25.2 Å². The minimum Gasteiger partial charge on any atom is -0.507 e. The molecule has 1 aromatic carbocycles. The molecule has 0 saturated carbocycles. The van der Waals surface area contributed by atoms with Crippen molar-refractivity contribution < 1.29 is 5.11 Å². The molecule has 12 heavy (non-hydrogen) atoms. The van der Waals surface area contributed by atoms with Gasteiger partial charge in [-0.15, -0.1) is 0 Å². The van der Waals surface area contributed by atoms with Gasteiger partial charge in [-0.25, -0.2) is 0 Å². The van der Waals surface area contributed by atoms with Gasteiger partial charge in [0, 0.05) is 30.2 Å². The molecule has 0 aliphatic rings. The molecule has 0 spiro atoms. The fraction of sp³-hybridized carbons (Fsp3) is 0. The van der Waals surface area contributed by atoms with Crippen LogP contribution in [0.5, 0.6) is 5.75 Å². The normalized spacial score (nSPS) is 10.0. The quantitative estimate of drug-likeness (QED) is 0.674. The van der Waals surface area contributed by atoms with Crippen molar-refractivity contribution in [1.29, 1.82) is 0 Å². The number of aromatic hydroxyl groups is 1. The maximum atomic E-state index is 9.14. The monoisotopic (exact) mass is 158 g/mol. The molecule has 0 bridgehead atoms. The Balaban J connectivity index is 2.48. The zero-order valence-electron chi connectivity index (χ0n) is 6.44. The van der Waals surface area contributed by atoms with Gasteiger partial charge < -0.3 is 9.67 Å². The maximum absolute atomic E-state index is 9.14. The predicted octanol–water partition coefficient (Wildman–Crippen LogP) is 1.98. The zero-order chi connectivity index (χ0) is 8.39. The van der Waals surface area contributed by atoms with Gasteiger partial charge in [-0.05, 0) is 24.3 Å². The van der Waals surface area contributed by atoms with Crippen molar-refractivity contribution in [3.8, 4) is 11.4 Å². The third kappa shape index (κ3) is 1.19. The third-order valence-corrected chi connectivity index (χ3v) is 1.67. The highest BCUT2D eigenvalue weighted by atomic mass is 16.3. The Morgan fingerprint density at radius 3 is 2.67 bits per heavy atom. The highest BCUT2D eigenvalue weighted by Gasteiger charge is 1.94. The van der Waals surface area contributed by atoms with Crippen molar-refractivity contribution in [2.45, 2.75) is 0 Å². The van der Waals surface area contributed by atoms with Crippen LogP contribution in [0.1, 0.15) is 0 Å². The number of phenols is 1. The Labute approximate surface area is 70.7 Å². The van der Waals surface area contributed by atoms with Gasteiger partial charge in [0.15, 0.2) is 0 Å². The van der Waals surface area contributed by atoms with Crippen molar-refractivity contribution in [3.63, 3.8) is 0 Å². The van der Waals surface area contributed by atoms with E-state index in [1.807, 2.05) is 35.2 Å². The smallest absolute Gasteiger partial charge is 0.125 e. The number of hydrogen-bond donors (Lipinski definition) is 1. The van der Waals surface area contributed by atoms with Crippen LogP contribution in [0.2, 0.25) is 0 Å². The van der Waals surface area contributed by atoms with Gasteiger partial charge in [0.2, 0.25) is 0 Å². The molecule has 1 aromatic heterocycles. The van der Waals surface area contributed by atoms with Gasteiger partial charge >= 0.3 is 0 Å². The molecule has 1 radical (unpaired) electrons. The SMILES string of the molecule is Oc1[c]ccc(-n2cccc2)c1. The van der Waals surface area contributed by atoms with E-state index in [1.54, 1.807) is 12.1 Å². The summed E-state index contributed by atoms with van der Waals surface area (Å²) in [5, 5.41) is 9.14. The van der Waals surface area contributed by atoms with Crippen molar-refractivity contribution in [1.82, 2.24) is 4.57 Å². The minimum absolute atomic E-state index is 0.168. The van der Waals surface area contributed by atoms with E-state index in [9.17, 15) is 0 Å². The fourth-order valence-electron chi connectivity index (χ4n) is 1.11. The van der Waals surface area contributed by atoms with Gasteiger partial charge in [-0.1, -0.05) is 0 Å². The molecule has 1 N–H and O–H groups in total. The number of nitrogens with zero attached hydrogens (tertiary/aromatic N) is 1. The summed E-state index contributed by atoms with van der Waals surface area (Å²) in [4.78, 5) is 0. The molecule has 0 aliphatic heterocycles. The molecule has 0 saturated heterocycles. The molecule has 0 aliphatic carbocycles. The summed E-state index contributed by atoms with van der Waals surface area (Å²) in [5.74, 6) is 0.168. The second-order valence-corrected chi connectivity index (χ2v) is 2.52. The van der Waals surface area contributed by atoms with Gasteiger partial charge in [0.25, 0.3) is 0 Å². The van der Waals surface area contributed by atoms with Gasteiger partial charge in [-0.2, -0.15) is 0 Å². The minimum atomic E-state index is 0.168. The molecule has 0 unspecified atom stereocenters. The Kier molecular flexibility index (Phi) is 1.59. The Bertz CT molecular complexity index is 365. The highest BCUT2D eigenvalue weighted by Crippen LogP contribution is 2.13. The first kappa shape index (κ1) is 6.98. The summed E-state index contributed by atoms with van der Waals surface area (Å²) in [6.45, 7) is 0. The number of aromatic nitrogens is 1. The summed E-state index contributed by atoms with van der Waals surface area (Å²) < 4.78 is 1.92. The lowest BCUT2D eigenvalue weighted by molar-refractivity contribution is 0.474. The Morgan fingerprint density at radius 2 is 2.00 bits per heavy atom. The van der Waals surface area contributed by atoms with E-state index in [2.05, 4.69) is 6.07 Å². The van der Waals surface area contributed by atoms with E-state index < -0.39 is 0 Å². The maximum Gasteiger partial charge on any atom is 0.125 e. The van der Waals surface area contributed by atoms with Crippen LogP contribution in [0.15, 0.2) is 42.7 Å². The van der Waals surface area contributed by atoms with Crippen molar-refractivity contribution in [3.05, 3.63) is 48.8 Å². The second kappa shape index (κ2) is 2.74. The van der Waals surface area contributed by atoms with Gasteiger partial charge in [0.1, 0.15) is 5.75 Å². The lowest BCUT2D eigenvalue weighted by Crippen LogP contribution is -1.87. The molecule has 0 atom stereocenters. The summed E-state index contributed by atoms with van der Waals surface area (Å²) in [6.07, 6.45) is 3.85. The van der Waals surface area contributed by atoms with E-state index in [0.29, 0.717) is 0 Å². The molecule has 2 nitrogen and oxygen atoms in total. The molecule has 0 amide bonds. The second-order valence-electron chi connectivity index (χ2n) is 2.52. The summed E-state index contributed by atoms with van der Waals surface area (Å²) >= 11 is 0. The van der Waals surface area contributed by atoms with E-state index in [1.165, 1.54) is 0 Å². The van der Waals surface area contributed by atoms with Crippen LogP contribution in [-0.2, 0) is 0 Å². The average Bonchev–Trinajstić information content (AvgIpc) is 2.56. The van der Waals surface area contributed by atoms with Crippen LogP contribution >= 0.6 is 0 Å². The van der Waals surface area contributed by atoms with Crippen molar-refractivity contribution >= 4 is 0 Å². The summed E-state index contributed by atoms with van der Waals surface area (Å²) in [7, 11) is 0. The molecular formula is C10H8NO. The first-order valence-corrected chi connectivity index (χ1v) is 3.70. The van der Waals surface area contributed by atoms with Crippen LogP contribution in [0.4, 0.5) is 0 Å². The lowest BCUT2D eigenvalue weighted by atomic mass is 10.3. The van der Waals surface area contributed by atoms with Crippen molar-refractivity contribution in [2.75, 3.05) is 0 Å². The zero-order valence-corrected chi connectivity index (χ0v) is 6.44. The predicted molar refractivity (Wildman–Crippen MR) is 46.3 cm³/mol. The van der Waals surface area contributed by atoms with Crippen LogP contribution in [-0.4, -0.2) is 9.67 Å². The van der Waals surface area contributed by atoms with E-state index in [4.69, 9.17) is 5.11 Å². The van der Waals surface area contributed by atoms with Crippen LogP contribution in [0.3, 0.4) is 0 Å². The standard InChI is InChI=1S/C10H8NO/c12-10-5-3-4-9(8-10)11-6-1-2-7-11/h1-4,6-8,12H. The average molecular weight is 158 g/mol. The van der Waals surface area contributed by atoms with E-state index >= 15 is 0 Å². The van der Waals surface area contributed by atoms with E-state index in [-0.39, 0.29) is 5.75 Å². The summed E-state index contributed by atoms with van der Waals surface area (Å²) in [6, 6.07) is 11.8. The van der Waals surface area contributed by atoms with Crippen LogP contribution in [0, 0.1) is 6.07 Å². The Morgan fingerprint density at radius 1 is 1.25 bits per heavy atom. The highest BCUT2D eigenvalue weighted by molar-refractivity contribution is 5.38. The molecule has 0 fully saturated rings. The summed E-state index contributed by atoms with van der Waals surface area (Å²) in [5.41, 5.74) is 0.941. The van der Waals surface area contributed by atoms with Crippen LogP contribution in [0.25, 0.3) is 5.69 Å². The van der Waals surface area contributed by atoms with Gasteiger partial charge in [-0.3, -0.25) is 0 Å². The number of benzene rings is 1. The largest absolute Gasteiger partial charge is 0.507 e. The van der Waals surface area contributed by atoms with Crippen LogP contribution < -0.4 is 0 Å². The molecule has 2 rings (SSSR count). The number of rotatable bonds is 1. The first-order valence-electron chi connectivity index (χ1n) is 3.70. The molecule has 2 aromatic rings. The molecular weight excluding hydrogens is 150 g/mol. The lowest BCUT2D eigenvalue weighted by Gasteiger charge is -2.01. The number of hydrogen-bond acceptors (Lipinski definition) is 1. The van der Waals surface area contributed by atoms with Crippen molar-refractivity contribution in [2.24, 2.45) is 0 Å². The molecule has 59 valence electrons.